The quantitative estimate of drug-likeness (QED) is 0.606. The van der Waals surface area contributed by atoms with Gasteiger partial charge in [-0.25, -0.2) is 13.8 Å². The second kappa shape index (κ2) is 7.44. The largest absolute Gasteiger partial charge is 0.271 e. The van der Waals surface area contributed by atoms with Crippen LogP contribution in [-0.4, -0.2) is 32.8 Å². The highest BCUT2D eigenvalue weighted by Crippen LogP contribution is 2.27. The van der Waals surface area contributed by atoms with Crippen LogP contribution in [0.15, 0.2) is 33.8 Å². The maximum atomic E-state index is 12.1. The monoisotopic (exact) mass is 403 g/mol. The van der Waals surface area contributed by atoms with Crippen molar-refractivity contribution in [2.24, 2.45) is 10.5 Å². The predicted molar refractivity (Wildman–Crippen MR) is 97.0 cm³/mol. The van der Waals surface area contributed by atoms with Gasteiger partial charge in [0.25, 0.3) is 5.91 Å². The summed E-state index contributed by atoms with van der Waals surface area (Å²) >= 11 is 3.30. The van der Waals surface area contributed by atoms with Gasteiger partial charge in [0.15, 0.2) is 0 Å². The summed E-state index contributed by atoms with van der Waals surface area (Å²) in [5.41, 5.74) is 3.39. The van der Waals surface area contributed by atoms with Gasteiger partial charge in [-0.1, -0.05) is 32.9 Å². The molecular formula is C15H22BrN3O3S. The van der Waals surface area contributed by atoms with Gasteiger partial charge in [-0.3, -0.25) is 9.10 Å². The van der Waals surface area contributed by atoms with Gasteiger partial charge in [-0.15, -0.1) is 0 Å². The van der Waals surface area contributed by atoms with Crippen molar-refractivity contribution in [1.29, 1.82) is 0 Å². The molecule has 0 unspecified atom stereocenters. The molecule has 0 fully saturated rings. The minimum Gasteiger partial charge on any atom is -0.271 e. The number of hydrogen-bond donors (Lipinski definition) is 1. The molecule has 1 rings (SSSR count). The molecule has 0 saturated carbocycles. The lowest BCUT2D eigenvalue weighted by atomic mass is 9.91. The number of hydrogen-bond acceptors (Lipinski definition) is 4. The summed E-state index contributed by atoms with van der Waals surface area (Å²) in [6.45, 7) is 7.39. The van der Waals surface area contributed by atoms with Crippen LogP contribution in [0.4, 0.5) is 5.69 Å². The summed E-state index contributed by atoms with van der Waals surface area (Å²) in [4.78, 5) is 12.1. The summed E-state index contributed by atoms with van der Waals surface area (Å²) < 4.78 is 25.6. The van der Waals surface area contributed by atoms with Crippen LogP contribution in [0.2, 0.25) is 0 Å². The molecule has 128 valence electrons. The molecule has 0 aromatic heterocycles. The summed E-state index contributed by atoms with van der Waals surface area (Å²) in [6.07, 6.45) is 1.06. The number of amides is 1. The predicted octanol–water partition coefficient (Wildman–Crippen LogP) is 2.75. The maximum Gasteiger partial charge on any atom is 0.260 e. The number of carbonyl (C=O) groups excluding carboxylic acids is 1. The minimum atomic E-state index is -3.61. The lowest BCUT2D eigenvalue weighted by Crippen LogP contribution is -2.39. The van der Waals surface area contributed by atoms with E-state index >= 15 is 0 Å². The molecule has 1 aromatic rings. The normalized spacial score (nSPS) is 12.9. The van der Waals surface area contributed by atoms with Crippen LogP contribution in [0, 0.1) is 5.41 Å². The fourth-order valence-electron chi connectivity index (χ4n) is 1.51. The van der Waals surface area contributed by atoms with E-state index in [0.29, 0.717) is 10.2 Å². The fourth-order valence-corrected chi connectivity index (χ4v) is 3.00. The van der Waals surface area contributed by atoms with Gasteiger partial charge in [0.2, 0.25) is 10.0 Å². The molecule has 8 heteroatoms. The third-order valence-corrected chi connectivity index (χ3v) is 5.04. The molecule has 0 radical (unpaired) electrons. The Balaban J connectivity index is 2.97. The van der Waals surface area contributed by atoms with E-state index in [2.05, 4.69) is 26.5 Å². The molecule has 1 aromatic carbocycles. The number of nitrogens with zero attached hydrogens (tertiary/aromatic N) is 2. The van der Waals surface area contributed by atoms with Crippen LogP contribution >= 0.6 is 15.9 Å². The van der Waals surface area contributed by atoms with Gasteiger partial charge in [0.05, 0.1) is 11.9 Å². The smallest absolute Gasteiger partial charge is 0.260 e. The number of hydrazone groups is 1. The number of carbonyl (C=O) groups is 1. The molecule has 0 spiro atoms. The highest BCUT2D eigenvalue weighted by atomic mass is 79.9. The Morgan fingerprint density at radius 3 is 2.35 bits per heavy atom. The van der Waals surface area contributed by atoms with Crippen LogP contribution in [-0.2, 0) is 14.8 Å². The van der Waals surface area contributed by atoms with E-state index in [-0.39, 0.29) is 12.0 Å². The average molecular weight is 404 g/mol. The van der Waals surface area contributed by atoms with Gasteiger partial charge in [-0.05, 0) is 35.0 Å². The zero-order chi connectivity index (χ0) is 17.8. The first-order valence-corrected chi connectivity index (χ1v) is 9.63. The highest BCUT2D eigenvalue weighted by molar-refractivity contribution is 9.10. The Kier molecular flexibility index (Phi) is 6.35. The van der Waals surface area contributed by atoms with Crippen LogP contribution in [0.25, 0.3) is 0 Å². The van der Waals surface area contributed by atoms with Gasteiger partial charge in [-0.2, -0.15) is 5.10 Å². The third kappa shape index (κ3) is 5.95. The van der Waals surface area contributed by atoms with E-state index in [4.69, 9.17) is 0 Å². The van der Waals surface area contributed by atoms with Crippen LogP contribution < -0.4 is 9.73 Å². The number of para-hydroxylation sites is 1. The van der Waals surface area contributed by atoms with E-state index < -0.39 is 15.9 Å². The Labute approximate surface area is 146 Å². The van der Waals surface area contributed by atoms with Gasteiger partial charge in [0.1, 0.15) is 6.54 Å². The molecule has 1 N–H and O–H groups in total. The van der Waals surface area contributed by atoms with Crippen molar-refractivity contribution < 1.29 is 13.2 Å². The molecule has 0 saturated heterocycles. The number of anilines is 1. The van der Waals surface area contributed by atoms with E-state index in [1.807, 2.05) is 27.7 Å². The van der Waals surface area contributed by atoms with Gasteiger partial charge >= 0.3 is 0 Å². The van der Waals surface area contributed by atoms with Crippen molar-refractivity contribution in [2.45, 2.75) is 27.7 Å². The van der Waals surface area contributed by atoms with Crippen molar-refractivity contribution >= 4 is 43.3 Å². The maximum absolute atomic E-state index is 12.1. The zero-order valence-corrected chi connectivity index (χ0v) is 16.3. The highest BCUT2D eigenvalue weighted by Gasteiger charge is 2.23. The summed E-state index contributed by atoms with van der Waals surface area (Å²) in [5.74, 6) is -0.505. The molecule has 6 nitrogen and oxygen atoms in total. The summed E-state index contributed by atoms with van der Waals surface area (Å²) in [7, 11) is -3.61. The second-order valence-electron chi connectivity index (χ2n) is 6.20. The van der Waals surface area contributed by atoms with E-state index in [9.17, 15) is 13.2 Å². The molecule has 0 atom stereocenters. The molecule has 0 aliphatic heterocycles. The first kappa shape index (κ1) is 19.6. The minimum absolute atomic E-state index is 0.174. The number of sulfonamides is 1. The molecule has 0 aliphatic carbocycles. The number of rotatable bonds is 5. The molecule has 23 heavy (non-hydrogen) atoms. The van der Waals surface area contributed by atoms with E-state index in [0.717, 1.165) is 16.3 Å². The molecule has 0 heterocycles. The number of nitrogens with one attached hydrogen (secondary N) is 1. The van der Waals surface area contributed by atoms with E-state index in [1.165, 1.54) is 0 Å². The second-order valence-corrected chi connectivity index (χ2v) is 8.96. The molecule has 1 amide bonds. The summed E-state index contributed by atoms with van der Waals surface area (Å²) in [6, 6.07) is 6.82. The topological polar surface area (TPSA) is 78.8 Å². The first-order valence-electron chi connectivity index (χ1n) is 6.99. The van der Waals surface area contributed by atoms with Crippen molar-refractivity contribution in [3.8, 4) is 0 Å². The van der Waals surface area contributed by atoms with Crippen molar-refractivity contribution in [1.82, 2.24) is 5.43 Å². The lowest BCUT2D eigenvalue weighted by molar-refractivity contribution is -0.119. The van der Waals surface area contributed by atoms with Crippen LogP contribution in [0.1, 0.15) is 27.7 Å². The van der Waals surface area contributed by atoms with Crippen molar-refractivity contribution in [3.05, 3.63) is 28.7 Å². The third-order valence-electron chi connectivity index (χ3n) is 3.24. The lowest BCUT2D eigenvalue weighted by Gasteiger charge is -2.23. The van der Waals surface area contributed by atoms with Crippen LogP contribution in [0.3, 0.4) is 0 Å². The van der Waals surface area contributed by atoms with E-state index in [1.54, 1.807) is 24.3 Å². The van der Waals surface area contributed by atoms with Gasteiger partial charge < -0.3 is 0 Å². The first-order chi connectivity index (χ1) is 10.4. The Bertz CT molecular complexity index is 709. The average Bonchev–Trinajstić information content (AvgIpc) is 2.41. The number of benzene rings is 1. The van der Waals surface area contributed by atoms with Crippen molar-refractivity contribution in [2.75, 3.05) is 17.1 Å². The fraction of sp³-hybridized carbons (Fsp3) is 0.467. The van der Waals surface area contributed by atoms with Crippen LogP contribution in [0.5, 0.6) is 0 Å². The number of halogens is 1. The van der Waals surface area contributed by atoms with Crippen molar-refractivity contribution in [3.63, 3.8) is 0 Å². The Morgan fingerprint density at radius 2 is 1.87 bits per heavy atom. The SMILES string of the molecule is CC(=NNC(=O)CN(c1ccccc1Br)S(C)(=O)=O)C(C)(C)C. The molecular weight excluding hydrogens is 382 g/mol. The Morgan fingerprint density at radius 1 is 1.30 bits per heavy atom. The standard InChI is InChI=1S/C15H22BrN3O3S/c1-11(15(2,3)4)17-18-14(20)10-19(23(5,21)22)13-9-7-6-8-12(13)16/h6-9H,10H2,1-5H3,(H,18,20). The van der Waals surface area contributed by atoms with Gasteiger partial charge in [0, 0.05) is 15.6 Å². The summed E-state index contributed by atoms with van der Waals surface area (Å²) in [5, 5.41) is 4.03. The zero-order valence-electron chi connectivity index (χ0n) is 13.9. The molecule has 0 bridgehead atoms. The molecule has 0 aliphatic rings. The Hall–Kier alpha value is -1.41.